The summed E-state index contributed by atoms with van der Waals surface area (Å²) in [5.74, 6) is -0.467. The van der Waals surface area contributed by atoms with E-state index in [2.05, 4.69) is 9.97 Å². The molecule has 8 heteroatoms. The van der Waals surface area contributed by atoms with Crippen molar-refractivity contribution in [1.29, 1.82) is 0 Å². The van der Waals surface area contributed by atoms with Gasteiger partial charge in [-0.15, -0.1) is 0 Å². The van der Waals surface area contributed by atoms with Crippen LogP contribution in [0.15, 0.2) is 11.4 Å². The quantitative estimate of drug-likeness (QED) is 0.613. The van der Waals surface area contributed by atoms with Gasteiger partial charge in [-0.25, -0.2) is 4.98 Å². The molecule has 1 aromatic rings. The van der Waals surface area contributed by atoms with E-state index in [9.17, 15) is 13.2 Å². The Morgan fingerprint density at radius 2 is 2.11 bits per heavy atom. The Kier molecular flexibility index (Phi) is 5.21. The summed E-state index contributed by atoms with van der Waals surface area (Å²) in [5, 5.41) is 0.225. The van der Waals surface area contributed by atoms with Gasteiger partial charge in [-0.1, -0.05) is 11.8 Å². The van der Waals surface area contributed by atoms with E-state index in [0.717, 1.165) is 18.0 Å². The fraction of sp³-hybridized carbons (Fsp3) is 0.600. The summed E-state index contributed by atoms with van der Waals surface area (Å²) in [7, 11) is 1.45. The molecule has 1 aromatic heterocycles. The van der Waals surface area contributed by atoms with Crippen molar-refractivity contribution in [3.05, 3.63) is 11.8 Å². The maximum atomic E-state index is 12.7. The first-order chi connectivity index (χ1) is 8.38. The van der Waals surface area contributed by atoms with Gasteiger partial charge < -0.3 is 9.47 Å². The van der Waals surface area contributed by atoms with E-state index >= 15 is 0 Å². The van der Waals surface area contributed by atoms with Crippen LogP contribution < -0.4 is 4.74 Å². The minimum atomic E-state index is -4.54. The van der Waals surface area contributed by atoms with E-state index in [4.69, 9.17) is 9.47 Å². The first kappa shape index (κ1) is 15.0. The number of hydrogen-bond donors (Lipinski definition) is 0. The molecule has 0 aliphatic rings. The van der Waals surface area contributed by atoms with E-state index in [1.54, 1.807) is 13.2 Å². The van der Waals surface area contributed by atoms with Crippen LogP contribution in [0, 0.1) is 0 Å². The maximum Gasteiger partial charge on any atom is 0.423 e. The zero-order valence-electron chi connectivity index (χ0n) is 10.1. The van der Waals surface area contributed by atoms with Crippen molar-refractivity contribution in [2.75, 3.05) is 20.0 Å². The summed E-state index contributed by atoms with van der Waals surface area (Å²) in [5.41, 5.74) is -0.983. The first-order valence-corrected chi connectivity index (χ1v) is 6.24. The highest BCUT2D eigenvalue weighted by molar-refractivity contribution is 7.98. The van der Waals surface area contributed by atoms with Gasteiger partial charge in [-0.05, 0) is 13.2 Å². The fourth-order valence-corrected chi connectivity index (χ4v) is 1.35. The molecule has 1 rings (SSSR count). The van der Waals surface area contributed by atoms with E-state index < -0.39 is 17.6 Å². The van der Waals surface area contributed by atoms with Crippen LogP contribution in [0.5, 0.6) is 5.88 Å². The number of halogens is 3. The predicted octanol–water partition coefficient (Wildman–Crippen LogP) is 2.63. The second kappa shape index (κ2) is 6.24. The SMILES string of the molecule is COC(C)COc1nc(SC)ncc1C(F)(F)F. The van der Waals surface area contributed by atoms with Crippen LogP contribution in [-0.2, 0) is 10.9 Å². The Morgan fingerprint density at radius 3 is 2.61 bits per heavy atom. The molecule has 1 atom stereocenters. The summed E-state index contributed by atoms with van der Waals surface area (Å²) in [6.07, 6.45) is -2.46. The van der Waals surface area contributed by atoms with Gasteiger partial charge in [0.15, 0.2) is 5.16 Å². The highest BCUT2D eigenvalue weighted by atomic mass is 32.2. The highest BCUT2D eigenvalue weighted by Crippen LogP contribution is 2.35. The van der Waals surface area contributed by atoms with Crippen molar-refractivity contribution < 1.29 is 22.6 Å². The molecule has 0 aromatic carbocycles. The monoisotopic (exact) mass is 282 g/mol. The molecule has 1 heterocycles. The molecule has 0 N–H and O–H groups in total. The van der Waals surface area contributed by atoms with E-state index in [1.165, 1.54) is 7.11 Å². The predicted molar refractivity (Wildman–Crippen MR) is 60.8 cm³/mol. The van der Waals surface area contributed by atoms with Gasteiger partial charge in [0.25, 0.3) is 0 Å². The highest BCUT2D eigenvalue weighted by Gasteiger charge is 2.36. The van der Waals surface area contributed by atoms with Gasteiger partial charge in [0.2, 0.25) is 5.88 Å². The molecule has 0 amide bonds. The van der Waals surface area contributed by atoms with Crippen LogP contribution in [-0.4, -0.2) is 36.0 Å². The molecule has 0 radical (unpaired) electrons. The third-order valence-corrected chi connectivity index (χ3v) is 2.64. The molecule has 4 nitrogen and oxygen atoms in total. The summed E-state index contributed by atoms with van der Waals surface area (Å²) in [6.45, 7) is 1.67. The molecule has 0 saturated carbocycles. The normalized spacial score (nSPS) is 13.4. The number of nitrogens with zero attached hydrogens (tertiary/aromatic N) is 2. The van der Waals surface area contributed by atoms with Crippen LogP contribution in [0.4, 0.5) is 13.2 Å². The molecule has 1 unspecified atom stereocenters. The Morgan fingerprint density at radius 1 is 1.44 bits per heavy atom. The minimum absolute atomic E-state index is 0.00951. The molecule has 0 spiro atoms. The summed E-state index contributed by atoms with van der Waals surface area (Å²) in [4.78, 5) is 7.31. The van der Waals surface area contributed by atoms with E-state index in [1.807, 2.05) is 0 Å². The lowest BCUT2D eigenvalue weighted by molar-refractivity contribution is -0.139. The van der Waals surface area contributed by atoms with Crippen molar-refractivity contribution in [2.45, 2.75) is 24.4 Å². The molecule has 0 fully saturated rings. The van der Waals surface area contributed by atoms with Crippen LogP contribution in [0.25, 0.3) is 0 Å². The average Bonchev–Trinajstić information content (AvgIpc) is 2.34. The minimum Gasteiger partial charge on any atom is -0.474 e. The lowest BCUT2D eigenvalue weighted by Crippen LogP contribution is -2.19. The molecular weight excluding hydrogens is 269 g/mol. The first-order valence-electron chi connectivity index (χ1n) is 5.02. The number of alkyl halides is 3. The van der Waals surface area contributed by atoms with Gasteiger partial charge in [0, 0.05) is 13.3 Å². The van der Waals surface area contributed by atoms with Crippen molar-refractivity contribution in [2.24, 2.45) is 0 Å². The van der Waals surface area contributed by atoms with Crippen molar-refractivity contribution >= 4 is 11.8 Å². The van der Waals surface area contributed by atoms with Gasteiger partial charge >= 0.3 is 6.18 Å². The fourth-order valence-electron chi connectivity index (χ4n) is 1.02. The average molecular weight is 282 g/mol. The van der Waals surface area contributed by atoms with Crippen LogP contribution in [0.1, 0.15) is 12.5 Å². The molecule has 0 saturated heterocycles. The molecule has 0 aliphatic heterocycles. The molecule has 18 heavy (non-hydrogen) atoms. The summed E-state index contributed by atoms with van der Waals surface area (Å²) in [6, 6.07) is 0. The third-order valence-electron chi connectivity index (χ3n) is 2.08. The van der Waals surface area contributed by atoms with E-state index in [-0.39, 0.29) is 17.9 Å². The van der Waals surface area contributed by atoms with Crippen LogP contribution in [0.3, 0.4) is 0 Å². The molecule has 0 aliphatic carbocycles. The lowest BCUT2D eigenvalue weighted by atomic mass is 10.3. The Labute approximate surface area is 107 Å². The number of ether oxygens (including phenoxy) is 2. The second-order valence-electron chi connectivity index (χ2n) is 3.43. The zero-order chi connectivity index (χ0) is 13.8. The Bertz CT molecular complexity index is 401. The number of methoxy groups -OCH3 is 1. The van der Waals surface area contributed by atoms with E-state index in [0.29, 0.717) is 0 Å². The number of rotatable bonds is 5. The topological polar surface area (TPSA) is 44.2 Å². The molecule has 102 valence electrons. The number of hydrogen-bond acceptors (Lipinski definition) is 5. The lowest BCUT2D eigenvalue weighted by Gasteiger charge is -2.15. The smallest absolute Gasteiger partial charge is 0.423 e. The summed E-state index contributed by atoms with van der Waals surface area (Å²) >= 11 is 1.14. The summed E-state index contributed by atoms with van der Waals surface area (Å²) < 4.78 is 48.0. The van der Waals surface area contributed by atoms with Gasteiger partial charge in [0.05, 0.1) is 6.10 Å². The van der Waals surface area contributed by atoms with Crippen molar-refractivity contribution in [3.8, 4) is 5.88 Å². The van der Waals surface area contributed by atoms with Crippen molar-refractivity contribution in [1.82, 2.24) is 9.97 Å². The Balaban J connectivity index is 2.97. The number of aromatic nitrogens is 2. The second-order valence-corrected chi connectivity index (χ2v) is 4.20. The van der Waals surface area contributed by atoms with Crippen molar-refractivity contribution in [3.63, 3.8) is 0 Å². The van der Waals surface area contributed by atoms with Gasteiger partial charge in [0.1, 0.15) is 12.2 Å². The standard InChI is InChI=1S/C10H13F3N2O2S/c1-6(16-2)5-17-8-7(10(11,12)13)4-14-9(15-8)18-3/h4,6H,5H2,1-3H3. The molecular formula is C10H13F3N2O2S. The van der Waals surface area contributed by atoms with Crippen LogP contribution >= 0.6 is 11.8 Å². The van der Waals surface area contributed by atoms with Gasteiger partial charge in [-0.3, -0.25) is 0 Å². The van der Waals surface area contributed by atoms with Crippen LogP contribution in [0.2, 0.25) is 0 Å². The molecule has 0 bridgehead atoms. The van der Waals surface area contributed by atoms with Gasteiger partial charge in [-0.2, -0.15) is 18.2 Å². The largest absolute Gasteiger partial charge is 0.474 e. The zero-order valence-corrected chi connectivity index (χ0v) is 10.9. The number of thioether (sulfide) groups is 1. The third kappa shape index (κ3) is 4.02. The Hall–Kier alpha value is -1.02. The maximum absolute atomic E-state index is 12.7.